The van der Waals surface area contributed by atoms with E-state index in [-0.39, 0.29) is 18.5 Å². The van der Waals surface area contributed by atoms with Crippen molar-refractivity contribution < 1.29 is 10.1 Å². The van der Waals surface area contributed by atoms with Crippen molar-refractivity contribution in [3.05, 3.63) is 58.2 Å². The fraction of sp³-hybridized carbons (Fsp3) is 0.200. The molecule has 1 atom stereocenters. The molecule has 2 aromatic rings. The normalized spacial score (nSPS) is 12.0. The van der Waals surface area contributed by atoms with Gasteiger partial charge >= 0.3 is 0 Å². The molecule has 110 valence electrons. The minimum atomic E-state index is -0.158. The standard InChI is InChI=1S/C15H15Cl2N3O/c1-10(11-5-3-2-4-6-11)18-9-14(21)20-15-13(17)7-12(16)8-19-15/h2-8,10,18H,9H2,1H3,(H,19,20,21)/p+1/t10-/m0/s1. The second-order valence-electron chi connectivity index (χ2n) is 4.67. The van der Waals surface area contributed by atoms with Crippen LogP contribution >= 0.6 is 23.2 Å². The number of nitrogens with two attached hydrogens (primary N) is 1. The molecule has 0 fully saturated rings. The lowest BCUT2D eigenvalue weighted by Gasteiger charge is -2.11. The fourth-order valence-corrected chi connectivity index (χ4v) is 2.29. The number of pyridine rings is 1. The van der Waals surface area contributed by atoms with Crippen LogP contribution in [0.1, 0.15) is 18.5 Å². The van der Waals surface area contributed by atoms with Crippen molar-refractivity contribution in [2.75, 3.05) is 11.9 Å². The van der Waals surface area contributed by atoms with Gasteiger partial charge in [0.1, 0.15) is 6.04 Å². The highest BCUT2D eigenvalue weighted by Crippen LogP contribution is 2.22. The van der Waals surface area contributed by atoms with Gasteiger partial charge in [-0.3, -0.25) is 4.79 Å². The summed E-state index contributed by atoms with van der Waals surface area (Å²) in [5.41, 5.74) is 1.17. The Morgan fingerprint density at radius 2 is 2.05 bits per heavy atom. The third-order valence-electron chi connectivity index (χ3n) is 3.05. The molecule has 21 heavy (non-hydrogen) atoms. The van der Waals surface area contributed by atoms with E-state index in [0.29, 0.717) is 15.9 Å². The first-order valence-corrected chi connectivity index (χ1v) is 7.31. The summed E-state index contributed by atoms with van der Waals surface area (Å²) >= 11 is 11.7. The summed E-state index contributed by atoms with van der Waals surface area (Å²) in [6, 6.07) is 11.8. The van der Waals surface area contributed by atoms with E-state index < -0.39 is 0 Å². The van der Waals surface area contributed by atoms with E-state index in [1.165, 1.54) is 11.8 Å². The molecule has 0 saturated heterocycles. The summed E-state index contributed by atoms with van der Waals surface area (Å²) in [5.74, 6) is 0.168. The number of carbonyl (C=O) groups excluding carboxylic acids is 1. The van der Waals surface area contributed by atoms with Crippen molar-refractivity contribution in [3.8, 4) is 0 Å². The first-order valence-electron chi connectivity index (χ1n) is 6.55. The molecule has 0 aliphatic rings. The molecule has 1 aromatic heterocycles. The maximum absolute atomic E-state index is 11.9. The fourth-order valence-electron chi connectivity index (χ4n) is 1.87. The Hall–Kier alpha value is -1.62. The summed E-state index contributed by atoms with van der Waals surface area (Å²) in [7, 11) is 0. The number of amides is 1. The van der Waals surface area contributed by atoms with Crippen LogP contribution in [0.25, 0.3) is 0 Å². The Labute approximate surface area is 133 Å². The van der Waals surface area contributed by atoms with E-state index in [0.717, 1.165) is 0 Å². The second kappa shape index (κ2) is 7.41. The van der Waals surface area contributed by atoms with Gasteiger partial charge in [0, 0.05) is 11.8 Å². The zero-order valence-corrected chi connectivity index (χ0v) is 13.0. The molecule has 0 radical (unpaired) electrons. The summed E-state index contributed by atoms with van der Waals surface area (Å²) in [6.07, 6.45) is 1.44. The Balaban J connectivity index is 1.87. The summed E-state index contributed by atoms with van der Waals surface area (Å²) in [4.78, 5) is 15.9. The second-order valence-corrected chi connectivity index (χ2v) is 5.51. The number of nitrogens with zero attached hydrogens (tertiary/aromatic N) is 1. The highest BCUT2D eigenvalue weighted by Gasteiger charge is 2.13. The average molecular weight is 325 g/mol. The van der Waals surface area contributed by atoms with E-state index in [2.05, 4.69) is 17.2 Å². The van der Waals surface area contributed by atoms with Crippen LogP contribution in [0.2, 0.25) is 10.0 Å². The number of aromatic nitrogens is 1. The molecule has 0 aliphatic heterocycles. The molecular weight excluding hydrogens is 309 g/mol. The largest absolute Gasteiger partial charge is 0.333 e. The van der Waals surface area contributed by atoms with Crippen LogP contribution < -0.4 is 10.6 Å². The van der Waals surface area contributed by atoms with E-state index >= 15 is 0 Å². The van der Waals surface area contributed by atoms with Gasteiger partial charge in [-0.05, 0) is 13.0 Å². The molecule has 3 N–H and O–H groups in total. The topological polar surface area (TPSA) is 58.6 Å². The van der Waals surface area contributed by atoms with Gasteiger partial charge in [-0.15, -0.1) is 0 Å². The smallest absolute Gasteiger partial charge is 0.280 e. The van der Waals surface area contributed by atoms with Crippen molar-refractivity contribution in [1.82, 2.24) is 4.98 Å². The van der Waals surface area contributed by atoms with Crippen LogP contribution in [0.4, 0.5) is 5.82 Å². The monoisotopic (exact) mass is 324 g/mol. The zero-order valence-electron chi connectivity index (χ0n) is 11.5. The number of nitrogens with one attached hydrogen (secondary N) is 1. The molecule has 0 bridgehead atoms. The highest BCUT2D eigenvalue weighted by molar-refractivity contribution is 6.36. The van der Waals surface area contributed by atoms with Gasteiger partial charge in [0.05, 0.1) is 10.0 Å². The molecule has 6 heteroatoms. The Kier molecular flexibility index (Phi) is 5.56. The van der Waals surface area contributed by atoms with E-state index in [9.17, 15) is 4.79 Å². The quantitative estimate of drug-likeness (QED) is 0.888. The number of hydrogen-bond acceptors (Lipinski definition) is 2. The molecule has 4 nitrogen and oxygen atoms in total. The van der Waals surface area contributed by atoms with E-state index in [1.807, 2.05) is 35.6 Å². The van der Waals surface area contributed by atoms with Crippen LogP contribution in [-0.2, 0) is 4.79 Å². The lowest BCUT2D eigenvalue weighted by molar-refractivity contribution is -0.682. The molecule has 2 rings (SSSR count). The van der Waals surface area contributed by atoms with Crippen LogP contribution in [-0.4, -0.2) is 17.4 Å². The molecule has 0 saturated carbocycles. The SMILES string of the molecule is C[C@H]([NH2+]CC(=O)Nc1ncc(Cl)cc1Cl)c1ccccc1. The molecule has 0 spiro atoms. The van der Waals surface area contributed by atoms with Crippen LogP contribution in [0.3, 0.4) is 0 Å². The highest BCUT2D eigenvalue weighted by atomic mass is 35.5. The van der Waals surface area contributed by atoms with Gasteiger partial charge in [-0.2, -0.15) is 0 Å². The number of rotatable bonds is 5. The zero-order chi connectivity index (χ0) is 15.2. The third kappa shape index (κ3) is 4.70. The number of quaternary nitrogens is 1. The van der Waals surface area contributed by atoms with Crippen molar-refractivity contribution in [1.29, 1.82) is 0 Å². The van der Waals surface area contributed by atoms with Gasteiger partial charge in [0.2, 0.25) is 0 Å². The Bertz CT molecular complexity index is 620. The summed E-state index contributed by atoms with van der Waals surface area (Å²) < 4.78 is 0. The first-order chi connectivity index (χ1) is 10.1. The van der Waals surface area contributed by atoms with Crippen LogP contribution in [0, 0.1) is 0 Å². The van der Waals surface area contributed by atoms with Crippen molar-refractivity contribution in [3.63, 3.8) is 0 Å². The lowest BCUT2D eigenvalue weighted by atomic mass is 10.1. The summed E-state index contributed by atoms with van der Waals surface area (Å²) in [6.45, 7) is 2.34. The average Bonchev–Trinajstić information content (AvgIpc) is 2.48. The van der Waals surface area contributed by atoms with Crippen LogP contribution in [0.15, 0.2) is 42.6 Å². The molecular formula is C15H16Cl2N3O+. The molecule has 0 unspecified atom stereocenters. The Morgan fingerprint density at radius 3 is 2.71 bits per heavy atom. The first kappa shape index (κ1) is 15.8. The number of benzene rings is 1. The van der Waals surface area contributed by atoms with Gasteiger partial charge in [0.25, 0.3) is 5.91 Å². The van der Waals surface area contributed by atoms with Crippen molar-refractivity contribution in [2.45, 2.75) is 13.0 Å². The maximum Gasteiger partial charge on any atom is 0.280 e. The number of carbonyl (C=O) groups is 1. The van der Waals surface area contributed by atoms with Gasteiger partial charge in [-0.1, -0.05) is 53.5 Å². The predicted octanol–water partition coefficient (Wildman–Crippen LogP) is 2.65. The number of anilines is 1. The van der Waals surface area contributed by atoms with Gasteiger partial charge in [-0.25, -0.2) is 4.98 Å². The van der Waals surface area contributed by atoms with Gasteiger partial charge < -0.3 is 10.6 Å². The van der Waals surface area contributed by atoms with Crippen molar-refractivity contribution in [2.24, 2.45) is 0 Å². The summed E-state index contributed by atoms with van der Waals surface area (Å²) in [5, 5.41) is 5.38. The number of halogens is 2. The molecule has 1 heterocycles. The number of hydrogen-bond donors (Lipinski definition) is 2. The van der Waals surface area contributed by atoms with Gasteiger partial charge in [0.15, 0.2) is 12.4 Å². The lowest BCUT2D eigenvalue weighted by Crippen LogP contribution is -2.86. The minimum Gasteiger partial charge on any atom is -0.333 e. The molecule has 0 aliphatic carbocycles. The van der Waals surface area contributed by atoms with E-state index in [1.54, 1.807) is 6.07 Å². The third-order valence-corrected chi connectivity index (χ3v) is 3.54. The molecule has 1 amide bonds. The molecule has 1 aromatic carbocycles. The Morgan fingerprint density at radius 1 is 1.33 bits per heavy atom. The van der Waals surface area contributed by atoms with Crippen molar-refractivity contribution >= 4 is 34.9 Å². The minimum absolute atomic E-state index is 0.158. The van der Waals surface area contributed by atoms with Crippen LogP contribution in [0.5, 0.6) is 0 Å². The predicted molar refractivity (Wildman–Crippen MR) is 84.5 cm³/mol. The maximum atomic E-state index is 11.9. The van der Waals surface area contributed by atoms with E-state index in [4.69, 9.17) is 23.2 Å².